The third kappa shape index (κ3) is 1.71. The summed E-state index contributed by atoms with van der Waals surface area (Å²) in [6.45, 7) is 2.57. The van der Waals surface area contributed by atoms with Gasteiger partial charge in [0.05, 0.1) is 18.4 Å². The van der Waals surface area contributed by atoms with Crippen LogP contribution in [0.2, 0.25) is 0 Å². The first kappa shape index (κ1) is 8.68. The minimum Gasteiger partial charge on any atom is -0.382 e. The molecule has 0 atom stereocenters. The van der Waals surface area contributed by atoms with Gasteiger partial charge in [-0.05, 0) is 6.92 Å². The standard InChI is InChI=1S/C9H11N5/c1-7-4-9(10)13-14(7)6-8-5-11-2-3-12-8/h2-5H,6H2,1H3,(H2,10,13). The predicted molar refractivity (Wildman–Crippen MR) is 52.5 cm³/mol. The number of nitrogen functional groups attached to an aromatic ring is 1. The van der Waals surface area contributed by atoms with Gasteiger partial charge in [-0.25, -0.2) is 0 Å². The smallest absolute Gasteiger partial charge is 0.145 e. The number of aryl methyl sites for hydroxylation is 1. The van der Waals surface area contributed by atoms with Gasteiger partial charge in [-0.2, -0.15) is 5.10 Å². The van der Waals surface area contributed by atoms with Gasteiger partial charge in [0.1, 0.15) is 5.82 Å². The summed E-state index contributed by atoms with van der Waals surface area (Å²) in [4.78, 5) is 8.14. The molecule has 0 aromatic carbocycles. The number of hydrogen-bond donors (Lipinski definition) is 1. The molecule has 5 heteroatoms. The van der Waals surface area contributed by atoms with Crippen LogP contribution in [0, 0.1) is 6.92 Å². The van der Waals surface area contributed by atoms with E-state index in [0.717, 1.165) is 11.4 Å². The molecule has 14 heavy (non-hydrogen) atoms. The van der Waals surface area contributed by atoms with E-state index < -0.39 is 0 Å². The zero-order valence-electron chi connectivity index (χ0n) is 7.88. The highest BCUT2D eigenvalue weighted by Crippen LogP contribution is 2.05. The molecule has 0 spiro atoms. The van der Waals surface area contributed by atoms with Crippen LogP contribution < -0.4 is 5.73 Å². The molecule has 2 rings (SSSR count). The molecular formula is C9H11N5. The van der Waals surface area contributed by atoms with Gasteiger partial charge in [0.15, 0.2) is 0 Å². The number of anilines is 1. The first-order valence-corrected chi connectivity index (χ1v) is 4.30. The molecule has 0 fully saturated rings. The lowest BCUT2D eigenvalue weighted by molar-refractivity contribution is 0.652. The number of rotatable bonds is 2. The van der Waals surface area contributed by atoms with Gasteiger partial charge in [0.2, 0.25) is 0 Å². The van der Waals surface area contributed by atoms with E-state index in [0.29, 0.717) is 12.4 Å². The normalized spacial score (nSPS) is 10.4. The summed E-state index contributed by atoms with van der Waals surface area (Å²) in [6, 6.07) is 1.83. The first-order chi connectivity index (χ1) is 6.75. The van der Waals surface area contributed by atoms with Gasteiger partial charge in [0, 0.05) is 24.2 Å². The predicted octanol–water partition coefficient (Wildman–Crippen LogP) is 0.612. The van der Waals surface area contributed by atoms with Crippen molar-refractivity contribution in [1.82, 2.24) is 19.7 Å². The summed E-state index contributed by atoms with van der Waals surface area (Å²) in [5, 5.41) is 4.13. The van der Waals surface area contributed by atoms with Crippen LogP contribution in [0.5, 0.6) is 0 Å². The molecule has 2 aromatic rings. The molecular weight excluding hydrogens is 178 g/mol. The van der Waals surface area contributed by atoms with E-state index in [1.807, 2.05) is 13.0 Å². The molecule has 72 valence electrons. The van der Waals surface area contributed by atoms with E-state index in [2.05, 4.69) is 15.1 Å². The van der Waals surface area contributed by atoms with Crippen molar-refractivity contribution in [2.24, 2.45) is 0 Å². The Morgan fingerprint density at radius 1 is 1.43 bits per heavy atom. The highest BCUT2D eigenvalue weighted by atomic mass is 15.3. The van der Waals surface area contributed by atoms with Gasteiger partial charge in [-0.3, -0.25) is 14.6 Å². The lowest BCUT2D eigenvalue weighted by Gasteiger charge is -2.01. The fourth-order valence-electron chi connectivity index (χ4n) is 1.26. The maximum Gasteiger partial charge on any atom is 0.145 e. The summed E-state index contributed by atoms with van der Waals surface area (Å²) in [6.07, 6.45) is 5.03. The molecule has 0 radical (unpaired) electrons. The Morgan fingerprint density at radius 2 is 2.29 bits per heavy atom. The molecule has 0 bridgehead atoms. The average Bonchev–Trinajstić information content (AvgIpc) is 2.47. The highest BCUT2D eigenvalue weighted by Gasteiger charge is 2.02. The van der Waals surface area contributed by atoms with Crippen LogP contribution in [-0.4, -0.2) is 19.7 Å². The van der Waals surface area contributed by atoms with Crippen molar-refractivity contribution in [2.45, 2.75) is 13.5 Å². The maximum atomic E-state index is 5.57. The summed E-state index contributed by atoms with van der Waals surface area (Å²) in [5.74, 6) is 0.534. The largest absolute Gasteiger partial charge is 0.382 e. The van der Waals surface area contributed by atoms with Crippen molar-refractivity contribution in [3.8, 4) is 0 Å². The van der Waals surface area contributed by atoms with Crippen LogP contribution in [0.15, 0.2) is 24.7 Å². The highest BCUT2D eigenvalue weighted by molar-refractivity contribution is 5.29. The molecule has 0 aliphatic heterocycles. The molecule has 0 unspecified atom stereocenters. The summed E-state index contributed by atoms with van der Waals surface area (Å²) in [7, 11) is 0. The Balaban J connectivity index is 2.23. The fraction of sp³-hybridized carbons (Fsp3) is 0.222. The van der Waals surface area contributed by atoms with Gasteiger partial charge in [-0.15, -0.1) is 0 Å². The van der Waals surface area contributed by atoms with E-state index in [-0.39, 0.29) is 0 Å². The van der Waals surface area contributed by atoms with Gasteiger partial charge < -0.3 is 5.73 Å². The molecule has 0 amide bonds. The molecule has 0 aliphatic carbocycles. The lowest BCUT2D eigenvalue weighted by atomic mass is 10.4. The van der Waals surface area contributed by atoms with E-state index in [1.165, 1.54) is 0 Å². The monoisotopic (exact) mass is 189 g/mol. The lowest BCUT2D eigenvalue weighted by Crippen LogP contribution is -2.05. The average molecular weight is 189 g/mol. The molecule has 5 nitrogen and oxygen atoms in total. The van der Waals surface area contributed by atoms with Crippen LogP contribution in [-0.2, 0) is 6.54 Å². The van der Waals surface area contributed by atoms with Crippen LogP contribution in [0.4, 0.5) is 5.82 Å². The molecule has 2 aromatic heterocycles. The summed E-state index contributed by atoms with van der Waals surface area (Å²) in [5.41, 5.74) is 7.46. The topological polar surface area (TPSA) is 69.6 Å². The van der Waals surface area contributed by atoms with Crippen molar-refractivity contribution < 1.29 is 0 Å². The third-order valence-electron chi connectivity index (χ3n) is 1.93. The Morgan fingerprint density at radius 3 is 2.86 bits per heavy atom. The van der Waals surface area contributed by atoms with Crippen molar-refractivity contribution in [3.05, 3.63) is 36.0 Å². The SMILES string of the molecule is Cc1cc(N)nn1Cc1cnccn1. The van der Waals surface area contributed by atoms with Gasteiger partial charge in [-0.1, -0.05) is 0 Å². The number of nitrogens with two attached hydrogens (primary N) is 1. The van der Waals surface area contributed by atoms with Gasteiger partial charge >= 0.3 is 0 Å². The summed E-state index contributed by atoms with van der Waals surface area (Å²) < 4.78 is 1.80. The van der Waals surface area contributed by atoms with Crippen LogP contribution in [0.3, 0.4) is 0 Å². The molecule has 0 saturated heterocycles. The molecule has 2 heterocycles. The Bertz CT molecular complexity index is 420. The fourth-order valence-corrected chi connectivity index (χ4v) is 1.26. The molecule has 0 saturated carbocycles. The minimum atomic E-state index is 0.534. The quantitative estimate of drug-likeness (QED) is 0.751. The zero-order valence-corrected chi connectivity index (χ0v) is 7.88. The second kappa shape index (κ2) is 3.45. The van der Waals surface area contributed by atoms with E-state index in [9.17, 15) is 0 Å². The molecule has 0 aliphatic rings. The third-order valence-corrected chi connectivity index (χ3v) is 1.93. The summed E-state index contributed by atoms with van der Waals surface area (Å²) >= 11 is 0. The number of hydrogen-bond acceptors (Lipinski definition) is 4. The van der Waals surface area contributed by atoms with Crippen molar-refractivity contribution in [1.29, 1.82) is 0 Å². The van der Waals surface area contributed by atoms with Crippen molar-refractivity contribution >= 4 is 5.82 Å². The zero-order chi connectivity index (χ0) is 9.97. The second-order valence-corrected chi connectivity index (χ2v) is 3.06. The Hall–Kier alpha value is -1.91. The van der Waals surface area contributed by atoms with E-state index >= 15 is 0 Å². The maximum absolute atomic E-state index is 5.57. The van der Waals surface area contributed by atoms with Crippen LogP contribution in [0.25, 0.3) is 0 Å². The minimum absolute atomic E-state index is 0.534. The Labute approximate surface area is 81.6 Å². The van der Waals surface area contributed by atoms with Gasteiger partial charge in [0.25, 0.3) is 0 Å². The Kier molecular flexibility index (Phi) is 2.14. The number of aromatic nitrogens is 4. The van der Waals surface area contributed by atoms with Crippen molar-refractivity contribution in [2.75, 3.05) is 5.73 Å². The van der Waals surface area contributed by atoms with E-state index in [1.54, 1.807) is 23.3 Å². The second-order valence-electron chi connectivity index (χ2n) is 3.06. The van der Waals surface area contributed by atoms with E-state index in [4.69, 9.17) is 5.73 Å². The number of nitrogens with zero attached hydrogens (tertiary/aromatic N) is 4. The van der Waals surface area contributed by atoms with Crippen molar-refractivity contribution in [3.63, 3.8) is 0 Å². The van der Waals surface area contributed by atoms with Crippen LogP contribution in [0.1, 0.15) is 11.4 Å². The first-order valence-electron chi connectivity index (χ1n) is 4.30. The molecule has 2 N–H and O–H groups in total. The van der Waals surface area contributed by atoms with Crippen LogP contribution >= 0.6 is 0 Å².